The summed E-state index contributed by atoms with van der Waals surface area (Å²) in [6, 6.07) is 4.59. The third kappa shape index (κ3) is 9.14. The van der Waals surface area contributed by atoms with Crippen molar-refractivity contribution in [3.63, 3.8) is 0 Å². The van der Waals surface area contributed by atoms with Crippen LogP contribution < -0.4 is 9.91 Å². The fourth-order valence-electron chi connectivity index (χ4n) is 15.6. The molecule has 0 aromatic heterocycles. The van der Waals surface area contributed by atoms with Crippen LogP contribution in [0.4, 0.5) is 0 Å². The average Bonchev–Trinajstić information content (AvgIpc) is 4.01. The van der Waals surface area contributed by atoms with E-state index in [1.165, 1.54) is 6.07 Å². The van der Waals surface area contributed by atoms with E-state index in [1.807, 2.05) is 13.8 Å². The summed E-state index contributed by atoms with van der Waals surface area (Å²) < 4.78 is 103. The maximum atomic E-state index is 13.7. The van der Waals surface area contributed by atoms with Crippen LogP contribution in [-0.2, 0) is 39.1 Å². The van der Waals surface area contributed by atoms with Gasteiger partial charge in [0.15, 0.2) is 0 Å². The van der Waals surface area contributed by atoms with Crippen molar-refractivity contribution in [2.24, 2.45) is 91.0 Å². The predicted molar refractivity (Wildman–Crippen MR) is 266 cm³/mol. The smallest absolute Gasteiger partial charge is 0.748 e. The van der Waals surface area contributed by atoms with Gasteiger partial charge in [-0.05, 0) is 163 Å². The average molecular weight is 1080 g/mol. The number of fused-ring (bicyclic) bond motifs is 13. The molecule has 15 atom stereocenters. The number of aliphatic imine (C=N–C) groups is 4. The van der Waals surface area contributed by atoms with E-state index in [0.29, 0.717) is 99.4 Å². The highest BCUT2D eigenvalue weighted by molar-refractivity contribution is 7.95. The second-order valence-corrected chi connectivity index (χ2v) is 27.2. The number of esters is 2. The molecule has 6 aliphatic carbocycles. The molecule has 6 saturated carbocycles. The lowest BCUT2D eigenvalue weighted by molar-refractivity contribution is -0.777. The fraction of sp³-hybridized carbons (Fsp3) is 0.720. The van der Waals surface area contributed by atoms with Crippen LogP contribution in [0.2, 0.25) is 0 Å². The van der Waals surface area contributed by atoms with E-state index in [0.717, 1.165) is 55.8 Å². The number of ether oxygens (including phenoxy) is 2. The lowest BCUT2D eigenvalue weighted by Gasteiger charge is -2.43. The lowest BCUT2D eigenvalue weighted by Crippen LogP contribution is -2.56. The van der Waals surface area contributed by atoms with Crippen molar-refractivity contribution in [2.45, 2.75) is 139 Å². The Balaban J connectivity index is 1.03. The molecule has 5 aliphatic heterocycles. The molecule has 74 heavy (non-hydrogen) atoms. The summed E-state index contributed by atoms with van der Waals surface area (Å²) in [5.41, 5.74) is 0.199. The minimum absolute atomic E-state index is 0.0538. The number of benzene rings is 1. The molecule has 1 aromatic rings. The number of rotatable bonds is 13. The zero-order chi connectivity index (χ0) is 51.4. The van der Waals surface area contributed by atoms with Crippen LogP contribution in [-0.4, -0.2) is 118 Å². The molecule has 12 rings (SSSR count). The van der Waals surface area contributed by atoms with E-state index in [9.17, 15) is 40.8 Å². The second kappa shape index (κ2) is 19.8. The molecular weight excluding hydrogens is 1020 g/mol. The van der Waals surface area contributed by atoms with Gasteiger partial charge in [0.05, 0.1) is 68.2 Å². The first kappa shape index (κ1) is 50.9. The topological polar surface area (TPSA) is 273 Å². The van der Waals surface area contributed by atoms with Crippen molar-refractivity contribution in [1.29, 1.82) is 0 Å². The van der Waals surface area contributed by atoms with Crippen molar-refractivity contribution in [1.82, 2.24) is 0 Å². The summed E-state index contributed by atoms with van der Waals surface area (Å²) in [7, 11) is -10.1. The monoisotopic (exact) mass is 1080 g/mol. The number of amidine groups is 6. The van der Waals surface area contributed by atoms with Crippen LogP contribution >= 0.6 is 12.0 Å². The van der Waals surface area contributed by atoms with Crippen molar-refractivity contribution in [3.8, 4) is 5.75 Å². The molecule has 4 bridgehead atoms. The number of hydrogen-bond donors (Lipinski definition) is 0. The minimum atomic E-state index is -4.53. The molecule has 1 aromatic carbocycles. The number of nitrogens with zero attached hydrogens (tertiary/aromatic N) is 6. The number of hydrogen-bond acceptors (Lipinski definition) is 19. The fourth-order valence-corrected chi connectivity index (χ4v) is 18.1. The standard InChI is InChI=1S/C50H63BN6O14S3/c1-3-11-67-49(58)31-13-32(50(59)68-12-4-2)15-33(14-31)69-51-56-45-39-20-26-6-9-36(74(64,65)66)18-30(26)24-42(39)48(56)55-47-40-21-27-7-10-35(73(61,62)63)17-29(27)23-41(40)46(57(47)51)54-44-38-22-28-16-34(72-71-70-60)8-5-25(28)19-37(38)43(52-44)53-45/h13-15,25-30,34-42H,3-12,16-24H2,1-2H3,(H-2,60,61,62,63,64,65,66)/p-1. The summed E-state index contributed by atoms with van der Waals surface area (Å²) in [4.78, 5) is 49.9. The van der Waals surface area contributed by atoms with Crippen LogP contribution in [0.3, 0.4) is 0 Å². The molecule has 0 radical (unpaired) electrons. The molecule has 24 heteroatoms. The molecule has 15 unspecified atom stereocenters. The maximum absolute atomic E-state index is 13.7. The van der Waals surface area contributed by atoms with Crippen LogP contribution in [0.25, 0.3) is 0 Å². The first-order valence-electron chi connectivity index (χ1n) is 26.9. The third-order valence-corrected chi connectivity index (χ3v) is 22.2. The summed E-state index contributed by atoms with van der Waals surface area (Å²) in [5, 5.41) is 12.7. The van der Waals surface area contributed by atoms with Gasteiger partial charge in [0, 0.05) is 39.6 Å². The van der Waals surface area contributed by atoms with Crippen LogP contribution in [0.5, 0.6) is 5.75 Å². The molecule has 11 aliphatic rings. The zero-order valence-electron chi connectivity index (χ0n) is 41.5. The third-order valence-electron chi connectivity index (χ3n) is 18.9. The highest BCUT2D eigenvalue weighted by Gasteiger charge is 2.67. The maximum Gasteiger partial charge on any atom is 0.800 e. The number of carbonyl (C=O) groups excluding carboxylic acids is 2. The van der Waals surface area contributed by atoms with Gasteiger partial charge in [-0.1, -0.05) is 28.8 Å². The van der Waals surface area contributed by atoms with Gasteiger partial charge in [-0.15, -0.1) is 0 Å². The second-order valence-electron chi connectivity index (χ2n) is 22.9. The molecule has 20 nitrogen and oxygen atoms in total. The van der Waals surface area contributed by atoms with Crippen molar-refractivity contribution >= 4 is 86.4 Å². The predicted octanol–water partition coefficient (Wildman–Crippen LogP) is 5.06. The molecule has 6 fully saturated rings. The Hall–Kier alpha value is -3.91. The zero-order valence-corrected chi connectivity index (χ0v) is 44.0. The minimum Gasteiger partial charge on any atom is -0.748 e. The largest absolute Gasteiger partial charge is 0.800 e. The Morgan fingerprint density at radius 2 is 1.07 bits per heavy atom. The summed E-state index contributed by atoms with van der Waals surface area (Å²) in [6.45, 7) is 4.10. The molecule has 0 N–H and O–H groups in total. The SMILES string of the molecule is CCCOC(=O)c1cc(OB2[N+]3=C4N=C5N=C(N=C6C7CC8CC(S(=O)(=O)[O-])CCC8CC7C(=[N+]26)N=C3C2CC3CC(S(=O)(=O)[O-])CCC3CC42)C2CC3CC(SOO[O-])CCC3CC52)cc(C(=O)OCCC)c1. The molecule has 0 spiro atoms. The molecule has 398 valence electrons. The van der Waals surface area contributed by atoms with Gasteiger partial charge in [-0.3, -0.25) is 5.04 Å². The van der Waals surface area contributed by atoms with Gasteiger partial charge in [0.25, 0.3) is 0 Å². The Kier molecular flexibility index (Phi) is 13.6. The van der Waals surface area contributed by atoms with Crippen LogP contribution in [0, 0.1) is 71.0 Å². The molecular formula is C50H62BN6O14S3-. The van der Waals surface area contributed by atoms with E-state index >= 15 is 0 Å². The molecule has 0 amide bonds. The summed E-state index contributed by atoms with van der Waals surface area (Å²) >= 11 is 1.08. The van der Waals surface area contributed by atoms with Gasteiger partial charge < -0.3 is 28.5 Å². The highest BCUT2D eigenvalue weighted by atomic mass is 32.2. The van der Waals surface area contributed by atoms with Crippen LogP contribution in [0.1, 0.15) is 144 Å². The Labute approximate surface area is 435 Å². The Morgan fingerprint density at radius 1 is 0.595 bits per heavy atom. The van der Waals surface area contributed by atoms with E-state index < -0.39 is 49.9 Å². The highest BCUT2D eigenvalue weighted by Crippen LogP contribution is 2.55. The normalized spacial score (nSPS) is 36.7. The lowest BCUT2D eigenvalue weighted by atomic mass is 9.63. The molecule has 5 heterocycles. The molecule has 0 saturated heterocycles. The summed E-state index contributed by atoms with van der Waals surface area (Å²) in [6.07, 6.45) is 10.2. The van der Waals surface area contributed by atoms with Crippen molar-refractivity contribution < 1.29 is 73.3 Å². The number of carbonyl (C=O) groups is 2. The summed E-state index contributed by atoms with van der Waals surface area (Å²) in [5.74, 6) is 2.83. The van der Waals surface area contributed by atoms with Gasteiger partial charge in [0.1, 0.15) is 5.75 Å². The quantitative estimate of drug-likeness (QED) is 0.0623. The van der Waals surface area contributed by atoms with Crippen LogP contribution in [0.15, 0.2) is 38.2 Å². The van der Waals surface area contributed by atoms with Gasteiger partial charge in [0.2, 0.25) is 35.0 Å². The van der Waals surface area contributed by atoms with Gasteiger partial charge in [-0.2, -0.15) is 9.33 Å². The van der Waals surface area contributed by atoms with Crippen molar-refractivity contribution in [2.75, 3.05) is 13.2 Å². The Morgan fingerprint density at radius 3 is 1.61 bits per heavy atom. The van der Waals surface area contributed by atoms with E-state index in [2.05, 4.69) is 14.0 Å². The Bertz CT molecular complexity index is 2890. The van der Waals surface area contributed by atoms with E-state index in [-0.39, 0.29) is 107 Å². The first-order valence-corrected chi connectivity index (χ1v) is 30.7. The first-order chi connectivity index (χ1) is 35.6. The van der Waals surface area contributed by atoms with Crippen molar-refractivity contribution in [3.05, 3.63) is 29.3 Å². The van der Waals surface area contributed by atoms with E-state index in [1.54, 1.807) is 12.1 Å². The van der Waals surface area contributed by atoms with E-state index in [4.69, 9.17) is 38.4 Å². The van der Waals surface area contributed by atoms with Gasteiger partial charge >= 0.3 is 19.1 Å². The van der Waals surface area contributed by atoms with Gasteiger partial charge in [-0.25, -0.2) is 35.4 Å².